The Morgan fingerprint density at radius 1 is 1.44 bits per heavy atom. The first-order valence-corrected chi connectivity index (χ1v) is 5.84. The molecular formula is C12H15F3N2O. The second kappa shape index (κ2) is 4.42. The van der Waals surface area contributed by atoms with Crippen molar-refractivity contribution in [3.8, 4) is 0 Å². The number of allylic oxidation sites excluding steroid dienone is 2. The molecule has 1 saturated heterocycles. The summed E-state index contributed by atoms with van der Waals surface area (Å²) in [5.41, 5.74) is 4.89. The zero-order chi connectivity index (χ0) is 13.5. The molecule has 1 heterocycles. The van der Waals surface area contributed by atoms with Gasteiger partial charge in [-0.2, -0.15) is 13.2 Å². The van der Waals surface area contributed by atoms with Gasteiger partial charge in [-0.15, -0.1) is 0 Å². The monoisotopic (exact) mass is 260 g/mol. The molecule has 0 aromatic carbocycles. The van der Waals surface area contributed by atoms with Crippen molar-refractivity contribution in [2.75, 3.05) is 6.54 Å². The van der Waals surface area contributed by atoms with Crippen molar-refractivity contribution < 1.29 is 18.0 Å². The van der Waals surface area contributed by atoms with Gasteiger partial charge in [-0.25, -0.2) is 0 Å². The van der Waals surface area contributed by atoms with Crippen LogP contribution in [0, 0.1) is 5.92 Å². The standard InChI is InChI=1S/C12H15F3N2O/c1-7-2-3-8(12(13,14)15)6-10(7)17-5-4-9(16)11(17)18/h2-3,6-7,9-10H,4-5,16H2,1H3. The van der Waals surface area contributed by atoms with E-state index in [9.17, 15) is 18.0 Å². The van der Waals surface area contributed by atoms with Gasteiger partial charge < -0.3 is 10.6 Å². The number of likely N-dealkylation sites (tertiary alicyclic amines) is 1. The van der Waals surface area contributed by atoms with Crippen molar-refractivity contribution in [1.29, 1.82) is 0 Å². The molecule has 100 valence electrons. The second-order valence-corrected chi connectivity index (χ2v) is 4.76. The highest BCUT2D eigenvalue weighted by Gasteiger charge is 2.39. The van der Waals surface area contributed by atoms with Crippen LogP contribution in [0.15, 0.2) is 23.8 Å². The summed E-state index contributed by atoms with van der Waals surface area (Å²) in [6.45, 7) is 2.21. The third-order valence-electron chi connectivity index (χ3n) is 3.44. The highest BCUT2D eigenvalue weighted by atomic mass is 19.4. The average molecular weight is 260 g/mol. The van der Waals surface area contributed by atoms with Gasteiger partial charge in [0.1, 0.15) is 0 Å². The van der Waals surface area contributed by atoms with Crippen LogP contribution in [0.5, 0.6) is 0 Å². The fourth-order valence-corrected chi connectivity index (χ4v) is 2.34. The van der Waals surface area contributed by atoms with Crippen molar-refractivity contribution >= 4 is 5.91 Å². The lowest BCUT2D eigenvalue weighted by Crippen LogP contribution is -2.43. The van der Waals surface area contributed by atoms with Gasteiger partial charge in [0.15, 0.2) is 0 Å². The molecule has 0 saturated carbocycles. The number of carbonyl (C=O) groups excluding carboxylic acids is 1. The molecule has 0 aromatic heterocycles. The predicted molar refractivity (Wildman–Crippen MR) is 60.5 cm³/mol. The summed E-state index contributed by atoms with van der Waals surface area (Å²) in [5, 5.41) is 0. The van der Waals surface area contributed by atoms with Gasteiger partial charge >= 0.3 is 6.18 Å². The number of halogens is 3. The summed E-state index contributed by atoms with van der Waals surface area (Å²) in [6.07, 6.45) is -0.187. The Balaban J connectivity index is 2.25. The largest absolute Gasteiger partial charge is 0.416 e. The first kappa shape index (κ1) is 13.1. The molecule has 0 bridgehead atoms. The molecule has 6 heteroatoms. The minimum absolute atomic E-state index is 0.134. The van der Waals surface area contributed by atoms with Gasteiger partial charge in [-0.1, -0.05) is 19.1 Å². The summed E-state index contributed by atoms with van der Waals surface area (Å²) in [7, 11) is 0. The van der Waals surface area contributed by atoms with E-state index in [0.717, 1.165) is 12.2 Å². The lowest BCUT2D eigenvalue weighted by Gasteiger charge is -2.32. The Kier molecular flexibility index (Phi) is 3.23. The molecule has 3 unspecified atom stereocenters. The van der Waals surface area contributed by atoms with Crippen molar-refractivity contribution in [3.05, 3.63) is 23.8 Å². The van der Waals surface area contributed by atoms with Crippen molar-refractivity contribution in [1.82, 2.24) is 4.90 Å². The van der Waals surface area contributed by atoms with E-state index in [1.165, 1.54) is 11.0 Å². The molecule has 2 aliphatic rings. The van der Waals surface area contributed by atoms with E-state index in [2.05, 4.69) is 0 Å². The van der Waals surface area contributed by atoms with Crippen LogP contribution in [-0.2, 0) is 4.79 Å². The number of alkyl halides is 3. The van der Waals surface area contributed by atoms with Crippen molar-refractivity contribution in [2.24, 2.45) is 11.7 Å². The summed E-state index contributed by atoms with van der Waals surface area (Å²) >= 11 is 0. The minimum Gasteiger partial charge on any atom is -0.334 e. The van der Waals surface area contributed by atoms with Crippen LogP contribution in [0.1, 0.15) is 13.3 Å². The van der Waals surface area contributed by atoms with Crippen LogP contribution in [0.4, 0.5) is 13.2 Å². The number of rotatable bonds is 1. The molecule has 1 aliphatic heterocycles. The number of hydrogen-bond acceptors (Lipinski definition) is 2. The number of amides is 1. The molecule has 18 heavy (non-hydrogen) atoms. The smallest absolute Gasteiger partial charge is 0.334 e. The SMILES string of the molecule is CC1C=CC(C(F)(F)F)=CC1N1CCC(N)C1=O. The quantitative estimate of drug-likeness (QED) is 0.778. The maximum absolute atomic E-state index is 12.7. The average Bonchev–Trinajstić information content (AvgIpc) is 2.59. The third-order valence-corrected chi connectivity index (χ3v) is 3.44. The van der Waals surface area contributed by atoms with Gasteiger partial charge in [0.2, 0.25) is 5.91 Å². The van der Waals surface area contributed by atoms with Gasteiger partial charge in [0.25, 0.3) is 0 Å². The molecular weight excluding hydrogens is 245 g/mol. The maximum Gasteiger partial charge on any atom is 0.416 e. The summed E-state index contributed by atoms with van der Waals surface area (Å²) in [6, 6.07) is -1.13. The molecule has 3 nitrogen and oxygen atoms in total. The maximum atomic E-state index is 12.7. The fourth-order valence-electron chi connectivity index (χ4n) is 2.34. The number of nitrogens with zero attached hydrogens (tertiary/aromatic N) is 1. The first-order valence-electron chi connectivity index (χ1n) is 5.84. The Morgan fingerprint density at radius 2 is 2.11 bits per heavy atom. The van der Waals surface area contributed by atoms with Crippen LogP contribution < -0.4 is 5.73 Å². The topological polar surface area (TPSA) is 46.3 Å². The Bertz CT molecular complexity index is 414. The molecule has 2 rings (SSSR count). The minimum atomic E-state index is -4.38. The lowest BCUT2D eigenvalue weighted by atomic mass is 9.92. The molecule has 2 N–H and O–H groups in total. The Hall–Kier alpha value is -1.30. The molecule has 1 amide bonds. The number of carbonyl (C=O) groups is 1. The zero-order valence-corrected chi connectivity index (χ0v) is 9.95. The van der Waals surface area contributed by atoms with Crippen LogP contribution in [0.3, 0.4) is 0 Å². The fraction of sp³-hybridized carbons (Fsp3) is 0.583. The molecule has 0 spiro atoms. The van der Waals surface area contributed by atoms with E-state index >= 15 is 0 Å². The number of nitrogens with two attached hydrogens (primary N) is 1. The van der Waals surface area contributed by atoms with Crippen molar-refractivity contribution in [3.63, 3.8) is 0 Å². The highest BCUT2D eigenvalue weighted by Crippen LogP contribution is 2.33. The molecule has 1 aliphatic carbocycles. The number of hydrogen-bond donors (Lipinski definition) is 1. The van der Waals surface area contributed by atoms with E-state index in [-0.39, 0.29) is 11.8 Å². The molecule has 1 fully saturated rings. The van der Waals surface area contributed by atoms with E-state index in [1.54, 1.807) is 6.92 Å². The predicted octanol–water partition coefficient (Wildman–Crippen LogP) is 1.61. The van der Waals surface area contributed by atoms with E-state index in [1.807, 2.05) is 0 Å². The van der Waals surface area contributed by atoms with Crippen LogP contribution in [0.2, 0.25) is 0 Å². The summed E-state index contributed by atoms with van der Waals surface area (Å²) in [5.74, 6) is -0.398. The summed E-state index contributed by atoms with van der Waals surface area (Å²) < 4.78 is 38.0. The summed E-state index contributed by atoms with van der Waals surface area (Å²) in [4.78, 5) is 13.2. The lowest BCUT2D eigenvalue weighted by molar-refractivity contribution is -0.130. The third kappa shape index (κ3) is 2.29. The van der Waals surface area contributed by atoms with Gasteiger partial charge in [-0.3, -0.25) is 4.79 Å². The highest BCUT2D eigenvalue weighted by molar-refractivity contribution is 5.84. The molecule has 3 atom stereocenters. The van der Waals surface area contributed by atoms with E-state index < -0.39 is 23.8 Å². The van der Waals surface area contributed by atoms with Gasteiger partial charge in [-0.05, 0) is 18.4 Å². The van der Waals surface area contributed by atoms with Crippen molar-refractivity contribution in [2.45, 2.75) is 31.6 Å². The van der Waals surface area contributed by atoms with Crippen LogP contribution >= 0.6 is 0 Å². The van der Waals surface area contributed by atoms with Gasteiger partial charge in [0.05, 0.1) is 17.7 Å². The Morgan fingerprint density at radius 3 is 2.61 bits per heavy atom. The van der Waals surface area contributed by atoms with Crippen LogP contribution in [0.25, 0.3) is 0 Å². The van der Waals surface area contributed by atoms with E-state index in [0.29, 0.717) is 13.0 Å². The Labute approximate surface area is 103 Å². The van der Waals surface area contributed by atoms with Crippen LogP contribution in [-0.4, -0.2) is 35.6 Å². The van der Waals surface area contributed by atoms with E-state index in [4.69, 9.17) is 5.73 Å². The second-order valence-electron chi connectivity index (χ2n) is 4.76. The molecule has 0 aromatic rings. The first-order chi connectivity index (χ1) is 8.30. The normalized spacial score (nSPS) is 32.9. The van der Waals surface area contributed by atoms with Gasteiger partial charge in [0, 0.05) is 6.54 Å². The zero-order valence-electron chi connectivity index (χ0n) is 9.95. The molecule has 0 radical (unpaired) electrons.